The van der Waals surface area contributed by atoms with Crippen LogP contribution in [0.1, 0.15) is 22.3 Å². The van der Waals surface area contributed by atoms with Gasteiger partial charge in [0.05, 0.1) is 16.6 Å². The second kappa shape index (κ2) is 5.57. The number of hydrogen-bond donors (Lipinski definition) is 1. The highest BCUT2D eigenvalue weighted by molar-refractivity contribution is 7.84. The van der Waals surface area contributed by atoms with Gasteiger partial charge in [-0.1, -0.05) is 24.3 Å². The van der Waals surface area contributed by atoms with E-state index in [2.05, 4.69) is 0 Å². The Kier molecular flexibility index (Phi) is 4.05. The fourth-order valence-electron chi connectivity index (χ4n) is 2.03. The number of rotatable bonds is 3. The molecule has 1 atom stereocenters. The predicted molar refractivity (Wildman–Crippen MR) is 81.6 cm³/mol. The normalized spacial score (nSPS) is 12.4. The summed E-state index contributed by atoms with van der Waals surface area (Å²) in [5.74, 6) is 0.515. The van der Waals surface area contributed by atoms with Gasteiger partial charge in [-0.3, -0.25) is 4.21 Å². The van der Waals surface area contributed by atoms with Crippen LogP contribution in [-0.2, 0) is 16.6 Å². The Morgan fingerprint density at radius 1 is 1.11 bits per heavy atom. The summed E-state index contributed by atoms with van der Waals surface area (Å²) in [7, 11) is -1.03. The minimum absolute atomic E-state index is 0.515. The quantitative estimate of drug-likeness (QED) is 0.870. The Balaban J connectivity index is 2.31. The SMILES string of the molecule is Cc1ccc(C)c(S(=O)Cc2cccc(N)c2C)c1. The largest absolute Gasteiger partial charge is 0.399 e. The third-order valence-electron chi connectivity index (χ3n) is 3.36. The molecule has 0 saturated heterocycles. The molecule has 100 valence electrons. The molecule has 0 aliphatic carbocycles. The van der Waals surface area contributed by atoms with Crippen LogP contribution in [-0.4, -0.2) is 4.21 Å². The van der Waals surface area contributed by atoms with E-state index in [1.807, 2.05) is 57.2 Å². The highest BCUT2D eigenvalue weighted by Crippen LogP contribution is 2.22. The van der Waals surface area contributed by atoms with Gasteiger partial charge in [0.25, 0.3) is 0 Å². The molecule has 2 aromatic carbocycles. The summed E-state index contributed by atoms with van der Waals surface area (Å²) in [6.45, 7) is 6.00. The van der Waals surface area contributed by atoms with Gasteiger partial charge in [0.2, 0.25) is 0 Å². The van der Waals surface area contributed by atoms with E-state index >= 15 is 0 Å². The van der Waals surface area contributed by atoms with Gasteiger partial charge in [-0.15, -0.1) is 0 Å². The molecule has 2 nitrogen and oxygen atoms in total. The van der Waals surface area contributed by atoms with Crippen LogP contribution < -0.4 is 5.73 Å². The monoisotopic (exact) mass is 273 g/mol. The Morgan fingerprint density at radius 2 is 1.84 bits per heavy atom. The van der Waals surface area contributed by atoms with E-state index < -0.39 is 10.8 Å². The molecule has 0 spiro atoms. The molecule has 2 aromatic rings. The van der Waals surface area contributed by atoms with Crippen molar-refractivity contribution >= 4 is 16.5 Å². The maximum absolute atomic E-state index is 12.5. The molecule has 2 N–H and O–H groups in total. The second-order valence-corrected chi connectivity index (χ2v) is 6.31. The van der Waals surface area contributed by atoms with E-state index in [1.54, 1.807) is 0 Å². The number of anilines is 1. The summed E-state index contributed by atoms with van der Waals surface area (Å²) in [4.78, 5) is 0.918. The molecule has 0 aliphatic heterocycles. The Morgan fingerprint density at radius 3 is 2.58 bits per heavy atom. The third kappa shape index (κ3) is 3.04. The van der Waals surface area contributed by atoms with E-state index in [4.69, 9.17) is 5.73 Å². The summed E-state index contributed by atoms with van der Waals surface area (Å²) in [5, 5.41) is 0. The molecule has 1 unspecified atom stereocenters. The van der Waals surface area contributed by atoms with Crippen molar-refractivity contribution in [3.05, 3.63) is 58.7 Å². The molecule has 19 heavy (non-hydrogen) atoms. The van der Waals surface area contributed by atoms with Gasteiger partial charge in [-0.25, -0.2) is 0 Å². The van der Waals surface area contributed by atoms with Crippen molar-refractivity contribution in [1.29, 1.82) is 0 Å². The van der Waals surface area contributed by atoms with Crippen LogP contribution in [0.3, 0.4) is 0 Å². The van der Waals surface area contributed by atoms with Crippen molar-refractivity contribution in [2.45, 2.75) is 31.4 Å². The molecular formula is C16H19NOS. The summed E-state index contributed by atoms with van der Waals surface area (Å²) in [6, 6.07) is 11.9. The maximum atomic E-state index is 12.5. The van der Waals surface area contributed by atoms with E-state index in [9.17, 15) is 4.21 Å². The zero-order valence-corrected chi connectivity index (χ0v) is 12.4. The number of benzene rings is 2. The summed E-state index contributed by atoms with van der Waals surface area (Å²) in [6.07, 6.45) is 0. The highest BCUT2D eigenvalue weighted by atomic mass is 32.2. The fraction of sp³-hybridized carbons (Fsp3) is 0.250. The van der Waals surface area contributed by atoms with E-state index in [1.165, 1.54) is 0 Å². The molecule has 0 aliphatic rings. The standard InChI is InChI=1S/C16H19NOS/c1-11-7-8-12(2)16(9-11)19(18)10-14-5-4-6-15(17)13(14)3/h4-9H,10,17H2,1-3H3. The number of nitrogens with two attached hydrogens (primary N) is 1. The minimum atomic E-state index is -1.03. The van der Waals surface area contributed by atoms with Crippen LogP contribution in [0.4, 0.5) is 5.69 Å². The average molecular weight is 273 g/mol. The van der Waals surface area contributed by atoms with Crippen molar-refractivity contribution in [3.63, 3.8) is 0 Å². The first-order chi connectivity index (χ1) is 8.99. The van der Waals surface area contributed by atoms with Gasteiger partial charge in [0.1, 0.15) is 0 Å². The lowest BCUT2D eigenvalue weighted by molar-refractivity contribution is 0.682. The van der Waals surface area contributed by atoms with Gasteiger partial charge in [0, 0.05) is 10.6 Å². The molecule has 0 heterocycles. The molecule has 3 heteroatoms. The molecule has 0 fully saturated rings. The van der Waals surface area contributed by atoms with Crippen LogP contribution >= 0.6 is 0 Å². The van der Waals surface area contributed by atoms with Gasteiger partial charge in [-0.05, 0) is 55.2 Å². The van der Waals surface area contributed by atoms with E-state index in [0.29, 0.717) is 5.75 Å². The van der Waals surface area contributed by atoms with Gasteiger partial charge >= 0.3 is 0 Å². The molecule has 0 saturated carbocycles. The Hall–Kier alpha value is -1.61. The van der Waals surface area contributed by atoms with Crippen molar-refractivity contribution in [1.82, 2.24) is 0 Å². The highest BCUT2D eigenvalue weighted by Gasteiger charge is 2.11. The zero-order chi connectivity index (χ0) is 14.0. The van der Waals surface area contributed by atoms with Gasteiger partial charge in [0.15, 0.2) is 0 Å². The van der Waals surface area contributed by atoms with Gasteiger partial charge in [-0.2, -0.15) is 0 Å². The molecule has 0 bridgehead atoms. The molecule has 2 rings (SSSR count). The summed E-state index contributed by atoms with van der Waals surface area (Å²) >= 11 is 0. The van der Waals surface area contributed by atoms with Crippen molar-refractivity contribution in [2.75, 3.05) is 5.73 Å². The van der Waals surface area contributed by atoms with Crippen molar-refractivity contribution < 1.29 is 4.21 Å². The third-order valence-corrected chi connectivity index (χ3v) is 4.87. The lowest BCUT2D eigenvalue weighted by Crippen LogP contribution is -2.02. The first-order valence-electron chi connectivity index (χ1n) is 6.28. The van der Waals surface area contributed by atoms with Crippen molar-refractivity contribution in [3.8, 4) is 0 Å². The number of aryl methyl sites for hydroxylation is 2. The second-order valence-electron chi connectivity index (χ2n) is 4.89. The van der Waals surface area contributed by atoms with Crippen LogP contribution in [0.2, 0.25) is 0 Å². The van der Waals surface area contributed by atoms with E-state index in [-0.39, 0.29) is 0 Å². The van der Waals surface area contributed by atoms with Crippen LogP contribution in [0, 0.1) is 20.8 Å². The average Bonchev–Trinajstić information content (AvgIpc) is 2.38. The van der Waals surface area contributed by atoms with Crippen LogP contribution in [0.15, 0.2) is 41.3 Å². The van der Waals surface area contributed by atoms with Crippen molar-refractivity contribution in [2.24, 2.45) is 0 Å². The summed E-state index contributed by atoms with van der Waals surface area (Å²) in [5.41, 5.74) is 10.9. The van der Waals surface area contributed by atoms with Crippen LogP contribution in [0.5, 0.6) is 0 Å². The molecule has 0 aromatic heterocycles. The lowest BCUT2D eigenvalue weighted by atomic mass is 10.1. The maximum Gasteiger partial charge on any atom is 0.0577 e. The first-order valence-corrected chi connectivity index (χ1v) is 7.60. The van der Waals surface area contributed by atoms with Gasteiger partial charge < -0.3 is 5.73 Å². The topological polar surface area (TPSA) is 43.1 Å². The first kappa shape index (κ1) is 13.8. The van der Waals surface area contributed by atoms with Crippen LogP contribution in [0.25, 0.3) is 0 Å². The minimum Gasteiger partial charge on any atom is -0.399 e. The molecule has 0 amide bonds. The zero-order valence-electron chi connectivity index (χ0n) is 11.6. The number of nitrogen functional groups attached to an aromatic ring is 1. The van der Waals surface area contributed by atoms with E-state index in [0.717, 1.165) is 32.8 Å². The predicted octanol–water partition coefficient (Wildman–Crippen LogP) is 3.50. The molecular weight excluding hydrogens is 254 g/mol. The summed E-state index contributed by atoms with van der Waals surface area (Å²) < 4.78 is 12.5. The smallest absolute Gasteiger partial charge is 0.0577 e. The Bertz CT molecular complexity index is 635. The fourth-order valence-corrected chi connectivity index (χ4v) is 3.53. The number of hydrogen-bond acceptors (Lipinski definition) is 2. The lowest BCUT2D eigenvalue weighted by Gasteiger charge is -2.10. The molecule has 0 radical (unpaired) electrons. The Labute approximate surface area is 117 Å².